The molecule has 5 aromatic rings. The molecule has 0 aliphatic carbocycles. The zero-order valence-corrected chi connectivity index (χ0v) is 40.3. The maximum Gasteiger partial charge on any atom is 0.246 e. The molecule has 6 rings (SSSR count). The van der Waals surface area contributed by atoms with Crippen LogP contribution in [0, 0.1) is 24.2 Å². The van der Waals surface area contributed by atoms with E-state index in [0.29, 0.717) is 26.0 Å². The van der Waals surface area contributed by atoms with Crippen LogP contribution in [0.25, 0.3) is 21.6 Å². The zero-order chi connectivity index (χ0) is 47.9. The predicted octanol–water partition coefficient (Wildman–Crippen LogP) is 8.70. The van der Waals surface area contributed by atoms with Crippen molar-refractivity contribution >= 4 is 46.1 Å². The lowest BCUT2D eigenvalue weighted by Gasteiger charge is -2.35. The number of unbranched alkanes of at least 4 members (excludes halogenated alkanes) is 1. The summed E-state index contributed by atoms with van der Waals surface area (Å²) in [5.41, 5.74) is 9.96. The number of nitrogens with one attached hydrogen (secondary N) is 2. The Labute approximate surface area is 399 Å². The van der Waals surface area contributed by atoms with E-state index in [0.717, 1.165) is 45.0 Å². The average Bonchev–Trinajstić information content (AvgIpc) is 3.95. The van der Waals surface area contributed by atoms with Crippen LogP contribution in [0.3, 0.4) is 0 Å². The van der Waals surface area contributed by atoms with Gasteiger partial charge in [-0.1, -0.05) is 131 Å². The molecule has 1 fully saturated rings. The van der Waals surface area contributed by atoms with Crippen molar-refractivity contribution in [2.45, 2.75) is 97.9 Å². The largest absolute Gasteiger partial charge is 0.492 e. The first kappa shape index (κ1) is 49.9. The number of carbonyl (C=O) groups excluding carboxylic acids is 4. The van der Waals surface area contributed by atoms with Crippen molar-refractivity contribution in [2.75, 3.05) is 26.7 Å². The first-order valence-electron chi connectivity index (χ1n) is 23.0. The van der Waals surface area contributed by atoms with Gasteiger partial charge in [-0.05, 0) is 76.3 Å². The van der Waals surface area contributed by atoms with Crippen LogP contribution in [0.2, 0.25) is 0 Å². The molecule has 1 aromatic heterocycles. The molecule has 350 valence electrons. The van der Waals surface area contributed by atoms with Gasteiger partial charge in [0.25, 0.3) is 0 Å². The summed E-state index contributed by atoms with van der Waals surface area (Å²) >= 11 is 1.57. The van der Waals surface area contributed by atoms with Crippen molar-refractivity contribution in [1.82, 2.24) is 25.4 Å². The number of benzene rings is 4. The van der Waals surface area contributed by atoms with Crippen LogP contribution >= 0.6 is 11.3 Å². The number of aromatic nitrogens is 1. The Kier molecular flexibility index (Phi) is 17.7. The Morgan fingerprint density at radius 2 is 1.57 bits per heavy atom. The molecule has 0 unspecified atom stereocenters. The summed E-state index contributed by atoms with van der Waals surface area (Å²) in [7, 11) is 1.73. The minimum atomic E-state index is -0.922. The smallest absolute Gasteiger partial charge is 0.246 e. The van der Waals surface area contributed by atoms with Crippen molar-refractivity contribution in [3.05, 3.63) is 143 Å². The molecule has 4 aromatic carbocycles. The minimum absolute atomic E-state index is 0.00338. The third kappa shape index (κ3) is 13.8. The molecule has 4 amide bonds. The lowest BCUT2D eigenvalue weighted by Crippen LogP contribution is -2.57. The van der Waals surface area contributed by atoms with Gasteiger partial charge >= 0.3 is 0 Å². The number of ether oxygens (including phenoxy) is 1. The second kappa shape index (κ2) is 23.8. The summed E-state index contributed by atoms with van der Waals surface area (Å²) in [6.07, 6.45) is 1.13. The summed E-state index contributed by atoms with van der Waals surface area (Å²) < 4.78 is 6.03. The fraction of sp³-hybridized carbons (Fsp3) is 0.364. The highest BCUT2D eigenvalue weighted by atomic mass is 32.1. The highest BCUT2D eigenvalue weighted by molar-refractivity contribution is 7.13. The van der Waals surface area contributed by atoms with E-state index in [4.69, 9.17) is 4.74 Å². The lowest BCUT2D eigenvalue weighted by molar-refractivity contribution is -0.144. The number of aliphatic hydroxyl groups is 1. The monoisotopic (exact) mass is 921 g/mol. The number of hydrogen-bond donors (Lipinski definition) is 3. The van der Waals surface area contributed by atoms with Crippen molar-refractivity contribution < 1.29 is 29.0 Å². The van der Waals surface area contributed by atoms with Crippen LogP contribution < -0.4 is 15.4 Å². The van der Waals surface area contributed by atoms with Crippen LogP contribution in [0.1, 0.15) is 94.2 Å². The molecule has 2 heterocycles. The van der Waals surface area contributed by atoms with E-state index in [1.54, 1.807) is 23.3 Å². The molecule has 0 bridgehead atoms. The summed E-state index contributed by atoms with van der Waals surface area (Å²) in [6, 6.07) is 35.1. The van der Waals surface area contributed by atoms with Gasteiger partial charge in [0.2, 0.25) is 23.6 Å². The van der Waals surface area contributed by atoms with E-state index >= 15 is 0 Å². The van der Waals surface area contributed by atoms with Gasteiger partial charge in [0, 0.05) is 39.4 Å². The van der Waals surface area contributed by atoms with Gasteiger partial charge < -0.3 is 30.3 Å². The van der Waals surface area contributed by atoms with E-state index in [-0.39, 0.29) is 50.1 Å². The number of amides is 4. The molecule has 3 N–H and O–H groups in total. The highest BCUT2D eigenvalue weighted by Gasteiger charge is 2.44. The molecule has 0 saturated carbocycles. The van der Waals surface area contributed by atoms with Gasteiger partial charge in [0.15, 0.2) is 0 Å². The van der Waals surface area contributed by atoms with Crippen molar-refractivity contribution in [2.24, 2.45) is 5.41 Å². The van der Waals surface area contributed by atoms with Gasteiger partial charge in [-0.2, -0.15) is 0 Å². The summed E-state index contributed by atoms with van der Waals surface area (Å²) in [6.45, 7) is 10.7. The number of β-amino-alcohol motifs (C(OH)–C–C–N with tert-alkyl or cyclic N) is 1. The first-order chi connectivity index (χ1) is 32.2. The maximum atomic E-state index is 14.0. The van der Waals surface area contributed by atoms with Crippen LogP contribution in [0.5, 0.6) is 5.75 Å². The number of allylic oxidation sites excluding steroid dienone is 1. The Bertz CT molecular complexity index is 2540. The number of aryl methyl sites for hydroxylation is 1. The number of rotatable bonds is 18. The Balaban J connectivity index is 0.926. The molecule has 11 nitrogen and oxygen atoms in total. The first-order valence-corrected chi connectivity index (χ1v) is 23.9. The third-order valence-electron chi connectivity index (χ3n) is 11.9. The number of likely N-dealkylation sites (tertiary alicyclic amines) is 1. The van der Waals surface area contributed by atoms with E-state index < -0.39 is 29.5 Å². The highest BCUT2D eigenvalue weighted by Crippen LogP contribution is 2.35. The quantitative estimate of drug-likeness (QED) is 0.0454. The number of nitrogens with zero attached hydrogens (tertiary/aromatic N) is 3. The van der Waals surface area contributed by atoms with Gasteiger partial charge in [-0.25, -0.2) is 4.98 Å². The molecule has 67 heavy (non-hydrogen) atoms. The Hall–Kier alpha value is -6.55. The van der Waals surface area contributed by atoms with Crippen LogP contribution in [0.15, 0.2) is 115 Å². The number of aliphatic hydroxyl groups excluding tert-OH is 1. The van der Waals surface area contributed by atoms with E-state index in [1.165, 1.54) is 21.6 Å². The zero-order valence-electron chi connectivity index (χ0n) is 39.5. The molecular weight excluding hydrogens is 859 g/mol. The van der Waals surface area contributed by atoms with Crippen LogP contribution in [0.4, 0.5) is 0 Å². The van der Waals surface area contributed by atoms with Gasteiger partial charge in [-0.15, -0.1) is 17.3 Å². The number of likely N-dealkylation sites (N-methyl/N-ethyl adjacent to an activating group) is 1. The second-order valence-corrected chi connectivity index (χ2v) is 18.8. The molecule has 1 saturated heterocycles. The third-order valence-corrected chi connectivity index (χ3v) is 12.9. The molecule has 12 heteroatoms. The molecule has 3 atom stereocenters. The topological polar surface area (TPSA) is 141 Å². The summed E-state index contributed by atoms with van der Waals surface area (Å²) in [5, 5.41) is 16.4. The number of carbonyl (C=O) groups is 4. The average molecular weight is 922 g/mol. The van der Waals surface area contributed by atoms with E-state index in [9.17, 15) is 24.3 Å². The minimum Gasteiger partial charge on any atom is -0.492 e. The predicted molar refractivity (Wildman–Crippen MR) is 267 cm³/mol. The molecule has 0 radical (unpaired) electrons. The van der Waals surface area contributed by atoms with Crippen molar-refractivity contribution in [3.8, 4) is 28.0 Å². The molecule has 0 spiro atoms. The second-order valence-electron chi connectivity index (χ2n) is 18.0. The molecule has 1 aliphatic heterocycles. The van der Waals surface area contributed by atoms with Crippen molar-refractivity contribution in [3.63, 3.8) is 0 Å². The van der Waals surface area contributed by atoms with Crippen LogP contribution in [-0.2, 0) is 25.7 Å². The SMILES string of the molecule is CC/C(=C(\c1ccccc1)c1ccc(OCCN(C)C(=O)CC#CCCCC(=O)N[C@H](C(=O)N2C[C@H](O)C[C@H]2C(=O)NCc2ccc(-c3scnc3C)cc2)C(C)(C)C)cc1)c1ccccc1. The molecule has 1 aliphatic rings. The van der Waals surface area contributed by atoms with E-state index in [1.807, 2.05) is 81.7 Å². The van der Waals surface area contributed by atoms with Crippen LogP contribution in [-0.4, -0.2) is 88.5 Å². The van der Waals surface area contributed by atoms with E-state index in [2.05, 4.69) is 95.0 Å². The normalized spacial score (nSPS) is 15.4. The number of thiazole rings is 1. The number of hydrogen-bond acceptors (Lipinski definition) is 8. The summed E-state index contributed by atoms with van der Waals surface area (Å²) in [4.78, 5) is 61.9. The van der Waals surface area contributed by atoms with Gasteiger partial charge in [0.05, 0.1) is 35.2 Å². The Morgan fingerprint density at radius 1 is 0.910 bits per heavy atom. The van der Waals surface area contributed by atoms with Crippen molar-refractivity contribution in [1.29, 1.82) is 0 Å². The van der Waals surface area contributed by atoms with Gasteiger partial charge in [0.1, 0.15) is 24.4 Å². The fourth-order valence-electron chi connectivity index (χ4n) is 8.14. The standard InChI is InChI=1S/C55H63N5O6S/c1-7-46(40-18-12-10-13-19-40)50(41-20-14-11-15-21-41)42-28-30-45(31-29-42)66-33-32-59(6)49(63)23-17-9-8-16-22-48(62)58-52(55(3,4)5)54(65)60-36-44(61)34-47(60)53(64)56-35-39-24-26-43(27-25-39)51-38(2)57-37-67-51/h10-15,18-21,24-31,37,44,47,52,61H,7-8,16,22-23,32-36H2,1-6H3,(H,56,64)(H,58,62)/b50-46-/t44-,47+,52-/m1/s1. The molecular formula is C55H63N5O6S. The lowest BCUT2D eigenvalue weighted by atomic mass is 9.85. The maximum absolute atomic E-state index is 14.0. The van der Waals surface area contributed by atoms with Gasteiger partial charge in [-0.3, -0.25) is 19.2 Å². The Morgan fingerprint density at radius 3 is 2.19 bits per heavy atom. The fourth-order valence-corrected chi connectivity index (χ4v) is 8.95. The summed E-state index contributed by atoms with van der Waals surface area (Å²) in [5.74, 6) is 5.44.